The molecule has 112 valence electrons. The van der Waals surface area contributed by atoms with E-state index in [1.165, 1.54) is 12.8 Å². The van der Waals surface area contributed by atoms with Gasteiger partial charge in [0, 0.05) is 17.2 Å². The Kier molecular flexibility index (Phi) is 5.41. The highest BCUT2D eigenvalue weighted by molar-refractivity contribution is 5.94. The Morgan fingerprint density at radius 2 is 2.00 bits per heavy atom. The molecular formula is C18H23NO2. The Balaban J connectivity index is 1.97. The number of carbonyl (C=O) groups is 1. The lowest BCUT2D eigenvalue weighted by molar-refractivity contribution is 0.0899. The van der Waals surface area contributed by atoms with Gasteiger partial charge in [0.2, 0.25) is 0 Å². The smallest absolute Gasteiger partial charge is 0.251 e. The van der Waals surface area contributed by atoms with Gasteiger partial charge >= 0.3 is 0 Å². The summed E-state index contributed by atoms with van der Waals surface area (Å²) in [5.41, 5.74) is 1.47. The van der Waals surface area contributed by atoms with Gasteiger partial charge in [-0.3, -0.25) is 4.79 Å². The predicted octanol–water partition coefficient (Wildman–Crippen LogP) is 2.58. The number of nitrogens with one attached hydrogen (secondary N) is 1. The van der Waals surface area contributed by atoms with Gasteiger partial charge < -0.3 is 10.4 Å². The molecule has 0 aromatic heterocycles. The second-order valence-corrected chi connectivity index (χ2v) is 6.01. The molecule has 0 radical (unpaired) electrons. The number of aliphatic hydroxyl groups is 1. The van der Waals surface area contributed by atoms with Crippen molar-refractivity contribution in [2.45, 2.75) is 39.2 Å². The maximum atomic E-state index is 12.3. The minimum Gasteiger partial charge on any atom is -0.384 e. The SMILES string of the molecule is CC1CCC(NC(=O)c2ccc(C#CCO)cc2)C(C)C1. The van der Waals surface area contributed by atoms with Crippen LogP contribution in [0, 0.1) is 23.7 Å². The van der Waals surface area contributed by atoms with Crippen LogP contribution in [0.15, 0.2) is 24.3 Å². The van der Waals surface area contributed by atoms with Crippen LogP contribution >= 0.6 is 0 Å². The van der Waals surface area contributed by atoms with Crippen LogP contribution in [0.4, 0.5) is 0 Å². The highest BCUT2D eigenvalue weighted by Crippen LogP contribution is 2.28. The Morgan fingerprint density at radius 1 is 1.29 bits per heavy atom. The Labute approximate surface area is 126 Å². The fourth-order valence-corrected chi connectivity index (χ4v) is 2.98. The molecule has 2 rings (SSSR count). The van der Waals surface area contributed by atoms with Gasteiger partial charge in [-0.2, -0.15) is 0 Å². The van der Waals surface area contributed by atoms with E-state index in [1.807, 2.05) is 12.1 Å². The summed E-state index contributed by atoms with van der Waals surface area (Å²) in [5.74, 6) is 6.70. The van der Waals surface area contributed by atoms with Crippen molar-refractivity contribution < 1.29 is 9.90 Å². The van der Waals surface area contributed by atoms with Crippen molar-refractivity contribution in [2.24, 2.45) is 11.8 Å². The zero-order valence-electron chi connectivity index (χ0n) is 12.7. The summed E-state index contributed by atoms with van der Waals surface area (Å²) in [5, 5.41) is 11.8. The summed E-state index contributed by atoms with van der Waals surface area (Å²) >= 11 is 0. The molecule has 1 saturated carbocycles. The maximum Gasteiger partial charge on any atom is 0.251 e. The van der Waals surface area contributed by atoms with Gasteiger partial charge in [-0.1, -0.05) is 25.7 Å². The highest BCUT2D eigenvalue weighted by Gasteiger charge is 2.26. The molecule has 0 spiro atoms. The molecular weight excluding hydrogens is 262 g/mol. The molecule has 0 bridgehead atoms. The molecule has 3 unspecified atom stereocenters. The Hall–Kier alpha value is -1.79. The van der Waals surface area contributed by atoms with E-state index in [0.717, 1.165) is 17.9 Å². The van der Waals surface area contributed by atoms with Crippen molar-refractivity contribution in [1.82, 2.24) is 5.32 Å². The summed E-state index contributed by atoms with van der Waals surface area (Å²) < 4.78 is 0. The van der Waals surface area contributed by atoms with Gasteiger partial charge in [0.15, 0.2) is 0 Å². The third kappa shape index (κ3) is 4.34. The minimum atomic E-state index is -0.153. The average molecular weight is 285 g/mol. The molecule has 1 aliphatic carbocycles. The summed E-state index contributed by atoms with van der Waals surface area (Å²) in [4.78, 5) is 12.3. The van der Waals surface area contributed by atoms with Gasteiger partial charge in [0.05, 0.1) is 0 Å². The van der Waals surface area contributed by atoms with Crippen molar-refractivity contribution >= 4 is 5.91 Å². The number of carbonyl (C=O) groups excluding carboxylic acids is 1. The molecule has 2 N–H and O–H groups in total. The second kappa shape index (κ2) is 7.28. The highest BCUT2D eigenvalue weighted by atomic mass is 16.2. The van der Waals surface area contributed by atoms with Crippen molar-refractivity contribution in [3.63, 3.8) is 0 Å². The van der Waals surface area contributed by atoms with Gasteiger partial charge in [-0.15, -0.1) is 0 Å². The van der Waals surface area contributed by atoms with Gasteiger partial charge in [-0.25, -0.2) is 0 Å². The van der Waals surface area contributed by atoms with Gasteiger partial charge in [-0.05, 0) is 55.4 Å². The summed E-state index contributed by atoms with van der Waals surface area (Å²) in [7, 11) is 0. The zero-order valence-corrected chi connectivity index (χ0v) is 12.7. The standard InChI is InChI=1S/C18H23NO2/c1-13-5-10-17(14(2)12-13)19-18(21)16-8-6-15(7-9-16)4-3-11-20/h6-9,13-14,17,20H,5,10-12H2,1-2H3,(H,19,21). The van der Waals surface area contributed by atoms with E-state index < -0.39 is 0 Å². The molecule has 1 aromatic rings. The first-order chi connectivity index (χ1) is 10.1. The van der Waals surface area contributed by atoms with E-state index in [9.17, 15) is 4.79 Å². The van der Waals surface area contributed by atoms with E-state index in [2.05, 4.69) is 31.0 Å². The van der Waals surface area contributed by atoms with Crippen LogP contribution in [0.2, 0.25) is 0 Å². The molecule has 1 aliphatic rings. The van der Waals surface area contributed by atoms with Crippen LogP contribution in [0.1, 0.15) is 49.0 Å². The van der Waals surface area contributed by atoms with Crippen LogP contribution in [-0.4, -0.2) is 23.7 Å². The van der Waals surface area contributed by atoms with Crippen LogP contribution in [0.3, 0.4) is 0 Å². The van der Waals surface area contributed by atoms with E-state index >= 15 is 0 Å². The van der Waals surface area contributed by atoms with Crippen molar-refractivity contribution in [1.29, 1.82) is 0 Å². The Morgan fingerprint density at radius 3 is 2.62 bits per heavy atom. The second-order valence-electron chi connectivity index (χ2n) is 6.01. The van der Waals surface area contributed by atoms with Crippen LogP contribution in [-0.2, 0) is 0 Å². The zero-order chi connectivity index (χ0) is 15.2. The monoisotopic (exact) mass is 285 g/mol. The topological polar surface area (TPSA) is 49.3 Å². The van der Waals surface area contributed by atoms with E-state index in [1.54, 1.807) is 12.1 Å². The van der Waals surface area contributed by atoms with Crippen LogP contribution < -0.4 is 5.32 Å². The number of aliphatic hydroxyl groups excluding tert-OH is 1. The number of amides is 1. The quantitative estimate of drug-likeness (QED) is 0.821. The molecule has 0 aliphatic heterocycles. The Bertz CT molecular complexity index is 539. The molecule has 0 heterocycles. The lowest BCUT2D eigenvalue weighted by atomic mass is 9.80. The van der Waals surface area contributed by atoms with Crippen LogP contribution in [0.25, 0.3) is 0 Å². The van der Waals surface area contributed by atoms with E-state index in [4.69, 9.17) is 5.11 Å². The number of hydrogen-bond acceptors (Lipinski definition) is 2. The van der Waals surface area contributed by atoms with Crippen molar-refractivity contribution in [3.05, 3.63) is 35.4 Å². The molecule has 3 atom stereocenters. The number of rotatable bonds is 2. The molecule has 1 fully saturated rings. The first kappa shape index (κ1) is 15.6. The third-order valence-electron chi connectivity index (χ3n) is 4.21. The van der Waals surface area contributed by atoms with Gasteiger partial charge in [0.1, 0.15) is 6.61 Å². The summed E-state index contributed by atoms with van der Waals surface area (Å²) in [6.07, 6.45) is 3.43. The molecule has 1 aromatic carbocycles. The van der Waals surface area contributed by atoms with Crippen LogP contribution in [0.5, 0.6) is 0 Å². The summed E-state index contributed by atoms with van der Waals surface area (Å²) in [6, 6.07) is 7.47. The molecule has 3 heteroatoms. The first-order valence-corrected chi connectivity index (χ1v) is 7.60. The molecule has 0 saturated heterocycles. The molecule has 1 amide bonds. The van der Waals surface area contributed by atoms with E-state index in [0.29, 0.717) is 11.5 Å². The van der Waals surface area contributed by atoms with Crippen molar-refractivity contribution in [3.8, 4) is 11.8 Å². The van der Waals surface area contributed by atoms with E-state index in [-0.39, 0.29) is 18.6 Å². The lowest BCUT2D eigenvalue weighted by Gasteiger charge is -2.33. The molecule has 3 nitrogen and oxygen atoms in total. The fraction of sp³-hybridized carbons (Fsp3) is 0.500. The average Bonchev–Trinajstić information content (AvgIpc) is 2.48. The fourth-order valence-electron chi connectivity index (χ4n) is 2.98. The summed E-state index contributed by atoms with van der Waals surface area (Å²) in [6.45, 7) is 4.34. The largest absolute Gasteiger partial charge is 0.384 e. The first-order valence-electron chi connectivity index (χ1n) is 7.60. The predicted molar refractivity (Wildman–Crippen MR) is 83.8 cm³/mol. The molecule has 21 heavy (non-hydrogen) atoms. The van der Waals surface area contributed by atoms with Gasteiger partial charge in [0.25, 0.3) is 5.91 Å². The number of benzene rings is 1. The minimum absolute atomic E-state index is 0.0110. The van der Waals surface area contributed by atoms with Crippen molar-refractivity contribution in [2.75, 3.05) is 6.61 Å². The third-order valence-corrected chi connectivity index (χ3v) is 4.21. The normalized spacial score (nSPS) is 24.8. The maximum absolute atomic E-state index is 12.3. The number of hydrogen-bond donors (Lipinski definition) is 2. The lowest BCUT2D eigenvalue weighted by Crippen LogP contribution is -2.42.